The van der Waals surface area contributed by atoms with Crippen LogP contribution in [0.2, 0.25) is 0 Å². The van der Waals surface area contributed by atoms with Crippen LogP contribution >= 0.6 is 0 Å². The summed E-state index contributed by atoms with van der Waals surface area (Å²) in [5, 5.41) is 11.4. The molecule has 2 atom stereocenters. The van der Waals surface area contributed by atoms with Crippen LogP contribution < -0.4 is 0 Å². The highest BCUT2D eigenvalue weighted by atomic mass is 16.6. The van der Waals surface area contributed by atoms with Crippen molar-refractivity contribution >= 4 is 29.3 Å². The molecule has 0 aliphatic carbocycles. The third-order valence-corrected chi connectivity index (χ3v) is 5.80. The molecule has 1 aromatic heterocycles. The second-order valence-corrected chi connectivity index (χ2v) is 8.81. The van der Waals surface area contributed by atoms with Gasteiger partial charge in [-0.1, -0.05) is 12.1 Å². The maximum atomic E-state index is 13.1. The fraction of sp³-hybridized carbons (Fsp3) is 0.400. The average Bonchev–Trinajstić information content (AvgIpc) is 2.84. The van der Waals surface area contributed by atoms with E-state index in [9.17, 15) is 24.5 Å². The first-order chi connectivity index (χ1) is 17.1. The third-order valence-electron chi connectivity index (χ3n) is 5.80. The first kappa shape index (κ1) is 26.5. The largest absolute Gasteiger partial charge is 0.462 e. The van der Waals surface area contributed by atoms with Gasteiger partial charge in [-0.3, -0.25) is 24.7 Å². The van der Waals surface area contributed by atoms with E-state index in [-0.39, 0.29) is 23.9 Å². The number of non-ortho nitro benzene ring substituents is 1. The van der Waals surface area contributed by atoms with E-state index in [4.69, 9.17) is 4.74 Å². The first-order valence-electron chi connectivity index (χ1n) is 11.6. The lowest BCUT2D eigenvalue weighted by molar-refractivity contribution is -0.385. The van der Waals surface area contributed by atoms with Crippen LogP contribution in [0, 0.1) is 16.0 Å². The number of nitro groups is 1. The zero-order valence-electron chi connectivity index (χ0n) is 20.7. The zero-order chi connectivity index (χ0) is 26.4. The lowest BCUT2D eigenvalue weighted by atomic mass is 9.86. The molecule has 0 fully saturated rings. The van der Waals surface area contributed by atoms with Crippen molar-refractivity contribution in [3.8, 4) is 0 Å². The van der Waals surface area contributed by atoms with Gasteiger partial charge in [-0.25, -0.2) is 9.79 Å². The van der Waals surface area contributed by atoms with Crippen LogP contribution in [0.5, 0.6) is 0 Å². The number of esters is 1. The quantitative estimate of drug-likeness (QED) is 0.294. The van der Waals surface area contributed by atoms with E-state index in [2.05, 4.69) is 9.98 Å². The third kappa shape index (κ3) is 6.09. The van der Waals surface area contributed by atoms with Crippen molar-refractivity contribution in [2.75, 3.05) is 20.1 Å². The minimum absolute atomic E-state index is 0.155. The molecular formula is C25H29N5O6. The average molecular weight is 496 g/mol. The van der Waals surface area contributed by atoms with Gasteiger partial charge in [0.2, 0.25) is 0 Å². The molecule has 36 heavy (non-hydrogen) atoms. The SMILES string of the molecule is CC1=NC(=O)N(CCCN(C)C(=O)c2cccnc2)C(c2cccc([N+](=O)[O-])c2)C1C(=O)OC(C)C. The Morgan fingerprint density at radius 1 is 1.25 bits per heavy atom. The topological polar surface area (TPSA) is 135 Å². The Morgan fingerprint density at radius 3 is 2.64 bits per heavy atom. The summed E-state index contributed by atoms with van der Waals surface area (Å²) < 4.78 is 5.45. The van der Waals surface area contributed by atoms with Gasteiger partial charge in [0.25, 0.3) is 11.6 Å². The number of carbonyl (C=O) groups excluding carboxylic acids is 3. The molecule has 1 aliphatic rings. The van der Waals surface area contributed by atoms with Gasteiger partial charge in [-0.05, 0) is 44.9 Å². The Balaban J connectivity index is 1.88. The van der Waals surface area contributed by atoms with Gasteiger partial charge in [0.15, 0.2) is 0 Å². The monoisotopic (exact) mass is 495 g/mol. The normalized spacial score (nSPS) is 17.5. The number of nitrogens with zero attached hydrogens (tertiary/aromatic N) is 5. The number of pyridine rings is 1. The lowest BCUT2D eigenvalue weighted by Gasteiger charge is -2.39. The number of ether oxygens (including phenoxy) is 1. The van der Waals surface area contributed by atoms with Gasteiger partial charge in [-0.15, -0.1) is 0 Å². The summed E-state index contributed by atoms with van der Waals surface area (Å²) in [6, 6.07) is 7.80. The molecule has 2 unspecified atom stereocenters. The van der Waals surface area contributed by atoms with Crippen LogP contribution in [-0.2, 0) is 9.53 Å². The summed E-state index contributed by atoms with van der Waals surface area (Å²) in [7, 11) is 1.65. The van der Waals surface area contributed by atoms with Crippen molar-refractivity contribution in [2.45, 2.75) is 39.3 Å². The van der Waals surface area contributed by atoms with Crippen molar-refractivity contribution in [2.24, 2.45) is 10.9 Å². The number of benzene rings is 1. The molecule has 2 aromatic rings. The van der Waals surface area contributed by atoms with Gasteiger partial charge >= 0.3 is 12.0 Å². The van der Waals surface area contributed by atoms with E-state index in [0.29, 0.717) is 24.1 Å². The van der Waals surface area contributed by atoms with E-state index >= 15 is 0 Å². The number of aliphatic imine (C=N–C) groups is 1. The summed E-state index contributed by atoms with van der Waals surface area (Å²) in [6.07, 6.45) is 3.05. The number of hydrogen-bond donors (Lipinski definition) is 0. The number of carbonyl (C=O) groups is 3. The second-order valence-electron chi connectivity index (χ2n) is 8.81. The molecule has 0 bridgehead atoms. The number of hydrogen-bond acceptors (Lipinski definition) is 7. The van der Waals surface area contributed by atoms with Crippen molar-refractivity contribution in [3.05, 3.63) is 70.0 Å². The second kappa shape index (κ2) is 11.5. The Morgan fingerprint density at radius 2 is 2.00 bits per heavy atom. The Hall–Kier alpha value is -4.15. The van der Waals surface area contributed by atoms with Gasteiger partial charge in [-0.2, -0.15) is 0 Å². The molecule has 3 rings (SSSR count). The summed E-state index contributed by atoms with van der Waals surface area (Å²) >= 11 is 0. The zero-order valence-corrected chi connectivity index (χ0v) is 20.7. The van der Waals surface area contributed by atoms with Gasteiger partial charge in [0.1, 0.15) is 5.92 Å². The smallest absolute Gasteiger partial charge is 0.344 e. The summed E-state index contributed by atoms with van der Waals surface area (Å²) in [6.45, 7) is 5.50. The molecule has 11 heteroatoms. The van der Waals surface area contributed by atoms with Crippen LogP contribution in [0.4, 0.5) is 10.5 Å². The van der Waals surface area contributed by atoms with E-state index in [0.717, 1.165) is 0 Å². The molecule has 1 aliphatic heterocycles. The predicted molar refractivity (Wildman–Crippen MR) is 132 cm³/mol. The molecule has 3 amide bonds. The molecule has 0 spiro atoms. The minimum atomic E-state index is -0.929. The fourth-order valence-corrected chi connectivity index (χ4v) is 4.14. The van der Waals surface area contributed by atoms with Crippen molar-refractivity contribution in [1.82, 2.24) is 14.8 Å². The summed E-state index contributed by atoms with van der Waals surface area (Å²) in [5.74, 6) is -1.71. The van der Waals surface area contributed by atoms with Gasteiger partial charge in [0, 0.05) is 50.4 Å². The fourth-order valence-electron chi connectivity index (χ4n) is 4.14. The van der Waals surface area contributed by atoms with E-state index < -0.39 is 35.0 Å². The molecule has 1 aromatic carbocycles. The Labute approximate surface area is 208 Å². The van der Waals surface area contributed by atoms with Crippen LogP contribution in [0.1, 0.15) is 49.2 Å². The standard InChI is InChI=1S/C25H29N5O6/c1-16(2)36-24(32)21-17(3)27-25(33)29(22(21)18-8-5-10-20(14-18)30(34)35)13-7-12-28(4)23(31)19-9-6-11-26-15-19/h5-6,8-11,14-16,21-22H,7,12-13H2,1-4H3. The minimum Gasteiger partial charge on any atom is -0.462 e. The molecule has 0 radical (unpaired) electrons. The number of urea groups is 1. The van der Waals surface area contributed by atoms with Gasteiger partial charge in [0.05, 0.1) is 22.6 Å². The van der Waals surface area contributed by atoms with Crippen LogP contribution in [0.15, 0.2) is 53.8 Å². The highest BCUT2D eigenvalue weighted by Crippen LogP contribution is 2.36. The maximum Gasteiger partial charge on any atom is 0.344 e. The van der Waals surface area contributed by atoms with E-state index in [1.165, 1.54) is 34.2 Å². The molecule has 0 saturated heterocycles. The predicted octanol–water partition coefficient (Wildman–Crippen LogP) is 3.66. The van der Waals surface area contributed by atoms with Crippen LogP contribution in [0.3, 0.4) is 0 Å². The van der Waals surface area contributed by atoms with E-state index in [1.807, 2.05) is 0 Å². The molecule has 11 nitrogen and oxygen atoms in total. The number of rotatable bonds is 9. The number of aromatic nitrogens is 1. The Kier molecular flexibility index (Phi) is 8.46. The molecule has 0 N–H and O–H groups in total. The van der Waals surface area contributed by atoms with Crippen LogP contribution in [0.25, 0.3) is 0 Å². The summed E-state index contributed by atoms with van der Waals surface area (Å²) in [4.78, 5) is 60.5. The molecule has 2 heterocycles. The van der Waals surface area contributed by atoms with Crippen molar-refractivity contribution in [3.63, 3.8) is 0 Å². The number of amides is 3. The number of nitro benzene ring substituents is 1. The lowest BCUT2D eigenvalue weighted by Crippen LogP contribution is -2.48. The Bertz CT molecular complexity index is 1170. The highest BCUT2D eigenvalue weighted by molar-refractivity contribution is 6.08. The maximum absolute atomic E-state index is 13.1. The highest BCUT2D eigenvalue weighted by Gasteiger charge is 2.43. The van der Waals surface area contributed by atoms with Crippen LogP contribution in [-0.4, -0.2) is 69.6 Å². The molecular weight excluding hydrogens is 466 g/mol. The van der Waals surface area contributed by atoms with Crippen molar-refractivity contribution in [1.29, 1.82) is 0 Å². The molecule has 190 valence electrons. The first-order valence-corrected chi connectivity index (χ1v) is 11.6. The van der Waals surface area contributed by atoms with Gasteiger partial charge < -0.3 is 14.5 Å². The molecule has 0 saturated carbocycles. The summed E-state index contributed by atoms with van der Waals surface area (Å²) in [5.41, 5.74) is 0.998. The van der Waals surface area contributed by atoms with Crippen molar-refractivity contribution < 1.29 is 24.0 Å². The van der Waals surface area contributed by atoms with E-state index in [1.54, 1.807) is 52.2 Å².